The van der Waals surface area contributed by atoms with Crippen molar-refractivity contribution in [3.63, 3.8) is 0 Å². The van der Waals surface area contributed by atoms with Crippen LogP contribution in [-0.4, -0.2) is 53.9 Å². The summed E-state index contributed by atoms with van der Waals surface area (Å²) in [6.45, 7) is 6.58. The van der Waals surface area contributed by atoms with Crippen molar-refractivity contribution in [2.24, 2.45) is 5.73 Å². The first-order valence-electron chi connectivity index (χ1n) is 7.27. The van der Waals surface area contributed by atoms with Crippen molar-refractivity contribution in [2.75, 3.05) is 32.8 Å². The predicted octanol–water partition coefficient (Wildman–Crippen LogP) is 2.52. The van der Waals surface area contributed by atoms with Crippen molar-refractivity contribution in [3.05, 3.63) is 0 Å². The van der Waals surface area contributed by atoms with Gasteiger partial charge in [0.05, 0.1) is 13.2 Å². The van der Waals surface area contributed by atoms with E-state index in [9.17, 15) is 8.78 Å². The fourth-order valence-corrected chi connectivity index (χ4v) is 1.99. The lowest BCUT2D eigenvalue weighted by Gasteiger charge is -2.15. The normalized spacial score (nSPS) is 17.4. The molecule has 1 fully saturated rings. The second-order valence-corrected chi connectivity index (χ2v) is 4.71. The SMILES string of the molecule is CC.NCC(F)(F)CCCCCCN1CCN(O)C1. The van der Waals surface area contributed by atoms with Crippen LogP contribution in [0, 0.1) is 0 Å². The standard InChI is InChI=1S/C11H23F2N3O.C2H6/c12-11(13,9-14)5-3-1-2-4-6-15-7-8-16(17)10-15;1-2/h17H,1-10,14H2;1-2H3. The second kappa shape index (κ2) is 10.5. The van der Waals surface area contributed by atoms with Crippen LogP contribution >= 0.6 is 0 Å². The van der Waals surface area contributed by atoms with E-state index >= 15 is 0 Å². The van der Waals surface area contributed by atoms with Crippen molar-refractivity contribution in [1.29, 1.82) is 0 Å². The fourth-order valence-electron chi connectivity index (χ4n) is 1.99. The minimum Gasteiger partial charge on any atom is -0.325 e. The minimum atomic E-state index is -2.69. The van der Waals surface area contributed by atoms with Crippen LogP contribution in [0.4, 0.5) is 8.78 Å². The van der Waals surface area contributed by atoms with E-state index in [2.05, 4.69) is 4.90 Å². The molecule has 4 nitrogen and oxygen atoms in total. The second-order valence-electron chi connectivity index (χ2n) is 4.71. The van der Waals surface area contributed by atoms with E-state index in [0.717, 1.165) is 32.4 Å². The van der Waals surface area contributed by atoms with Gasteiger partial charge in [0.15, 0.2) is 0 Å². The molecule has 1 saturated heterocycles. The Bertz CT molecular complexity index is 218. The number of rotatable bonds is 8. The highest BCUT2D eigenvalue weighted by Gasteiger charge is 2.25. The highest BCUT2D eigenvalue weighted by Crippen LogP contribution is 2.20. The fraction of sp³-hybridized carbons (Fsp3) is 1.00. The summed E-state index contributed by atoms with van der Waals surface area (Å²) in [7, 11) is 0. The van der Waals surface area contributed by atoms with Gasteiger partial charge in [0, 0.05) is 19.5 Å². The third-order valence-electron chi connectivity index (χ3n) is 3.10. The molecular formula is C13H29F2N3O. The Morgan fingerprint density at radius 1 is 1.11 bits per heavy atom. The molecule has 0 aromatic carbocycles. The van der Waals surface area contributed by atoms with E-state index in [4.69, 9.17) is 10.9 Å². The van der Waals surface area contributed by atoms with Crippen LogP contribution in [0.15, 0.2) is 0 Å². The molecule has 19 heavy (non-hydrogen) atoms. The summed E-state index contributed by atoms with van der Waals surface area (Å²) in [5.74, 6) is -2.69. The Hall–Kier alpha value is -0.300. The van der Waals surface area contributed by atoms with Crippen LogP contribution in [-0.2, 0) is 0 Å². The summed E-state index contributed by atoms with van der Waals surface area (Å²) in [5, 5.41) is 10.4. The minimum absolute atomic E-state index is 0.0996. The van der Waals surface area contributed by atoms with E-state index in [1.165, 1.54) is 5.06 Å². The Balaban J connectivity index is 0.00000154. The van der Waals surface area contributed by atoms with Gasteiger partial charge in [0.2, 0.25) is 0 Å². The van der Waals surface area contributed by atoms with Crippen LogP contribution in [0.5, 0.6) is 0 Å². The number of alkyl halides is 2. The first-order chi connectivity index (χ1) is 9.03. The van der Waals surface area contributed by atoms with Gasteiger partial charge >= 0.3 is 0 Å². The van der Waals surface area contributed by atoms with E-state index < -0.39 is 12.5 Å². The molecule has 1 aliphatic heterocycles. The van der Waals surface area contributed by atoms with Crippen molar-refractivity contribution >= 4 is 0 Å². The van der Waals surface area contributed by atoms with E-state index in [1.807, 2.05) is 13.8 Å². The molecule has 0 unspecified atom stereocenters. The first-order valence-corrected chi connectivity index (χ1v) is 7.27. The maximum atomic E-state index is 12.8. The third kappa shape index (κ3) is 9.27. The van der Waals surface area contributed by atoms with Crippen LogP contribution < -0.4 is 5.73 Å². The maximum absolute atomic E-state index is 12.8. The molecule has 0 radical (unpaired) electrons. The highest BCUT2D eigenvalue weighted by atomic mass is 19.3. The molecule has 1 aliphatic rings. The molecule has 116 valence electrons. The molecule has 0 spiro atoms. The molecule has 0 saturated carbocycles. The summed E-state index contributed by atoms with van der Waals surface area (Å²) < 4.78 is 25.6. The van der Waals surface area contributed by atoms with Gasteiger partial charge in [-0.1, -0.05) is 26.7 Å². The van der Waals surface area contributed by atoms with Gasteiger partial charge in [-0.3, -0.25) is 4.90 Å². The molecule has 0 aliphatic carbocycles. The Morgan fingerprint density at radius 3 is 2.26 bits per heavy atom. The van der Waals surface area contributed by atoms with Gasteiger partial charge in [-0.15, -0.1) is 0 Å². The van der Waals surface area contributed by atoms with Gasteiger partial charge < -0.3 is 10.9 Å². The van der Waals surface area contributed by atoms with Crippen molar-refractivity contribution in [3.8, 4) is 0 Å². The Kier molecular flexibility index (Phi) is 10.3. The summed E-state index contributed by atoms with van der Waals surface area (Å²) >= 11 is 0. The number of hydrogen-bond donors (Lipinski definition) is 2. The zero-order valence-corrected chi connectivity index (χ0v) is 12.2. The topological polar surface area (TPSA) is 52.7 Å². The molecular weight excluding hydrogens is 252 g/mol. The van der Waals surface area contributed by atoms with Crippen molar-refractivity contribution in [2.45, 2.75) is 51.9 Å². The quantitative estimate of drug-likeness (QED) is 0.671. The smallest absolute Gasteiger partial charge is 0.260 e. The third-order valence-corrected chi connectivity index (χ3v) is 3.10. The average molecular weight is 281 g/mol. The molecule has 0 bridgehead atoms. The molecule has 0 atom stereocenters. The number of hydrogen-bond acceptors (Lipinski definition) is 4. The number of nitrogens with zero attached hydrogens (tertiary/aromatic N) is 2. The van der Waals surface area contributed by atoms with E-state index in [0.29, 0.717) is 19.6 Å². The van der Waals surface area contributed by atoms with Crippen LogP contribution in [0.25, 0.3) is 0 Å². The Labute approximate surface area is 115 Å². The van der Waals surface area contributed by atoms with Crippen LogP contribution in [0.2, 0.25) is 0 Å². The van der Waals surface area contributed by atoms with Crippen LogP contribution in [0.3, 0.4) is 0 Å². The molecule has 6 heteroatoms. The maximum Gasteiger partial charge on any atom is 0.260 e. The average Bonchev–Trinajstić information content (AvgIpc) is 2.82. The lowest BCUT2D eigenvalue weighted by Crippen LogP contribution is -2.27. The van der Waals surface area contributed by atoms with E-state index in [1.54, 1.807) is 0 Å². The van der Waals surface area contributed by atoms with Gasteiger partial charge in [-0.25, -0.2) is 8.78 Å². The molecule has 1 rings (SSSR count). The monoisotopic (exact) mass is 281 g/mol. The number of unbranched alkanes of at least 4 members (excludes halogenated alkanes) is 3. The lowest BCUT2D eigenvalue weighted by atomic mass is 10.1. The summed E-state index contributed by atoms with van der Waals surface area (Å²) in [6.07, 6.45) is 3.23. The van der Waals surface area contributed by atoms with Crippen molar-refractivity contribution in [1.82, 2.24) is 9.96 Å². The van der Waals surface area contributed by atoms with E-state index in [-0.39, 0.29) is 6.42 Å². The summed E-state index contributed by atoms with van der Waals surface area (Å²) in [4.78, 5) is 2.16. The number of halogens is 2. The molecule has 1 heterocycles. The highest BCUT2D eigenvalue weighted by molar-refractivity contribution is 4.67. The van der Waals surface area contributed by atoms with Gasteiger partial charge in [0.1, 0.15) is 0 Å². The van der Waals surface area contributed by atoms with Gasteiger partial charge in [-0.2, -0.15) is 5.06 Å². The van der Waals surface area contributed by atoms with Gasteiger partial charge in [-0.05, 0) is 19.4 Å². The number of nitrogens with two attached hydrogens (primary N) is 1. The largest absolute Gasteiger partial charge is 0.325 e. The van der Waals surface area contributed by atoms with Gasteiger partial charge in [0.25, 0.3) is 5.92 Å². The number of hydroxylamine groups is 2. The molecule has 0 amide bonds. The van der Waals surface area contributed by atoms with Crippen molar-refractivity contribution < 1.29 is 14.0 Å². The predicted molar refractivity (Wildman–Crippen MR) is 73.4 cm³/mol. The first kappa shape index (κ1) is 18.7. The molecule has 3 N–H and O–H groups in total. The summed E-state index contributed by atoms with van der Waals surface area (Å²) in [6, 6.07) is 0. The zero-order valence-electron chi connectivity index (χ0n) is 12.2. The lowest BCUT2D eigenvalue weighted by molar-refractivity contribution is -0.0807. The van der Waals surface area contributed by atoms with Crippen LogP contribution in [0.1, 0.15) is 46.0 Å². The summed E-state index contributed by atoms with van der Waals surface area (Å²) in [5.41, 5.74) is 4.96. The Morgan fingerprint density at radius 2 is 1.74 bits per heavy atom. The molecule has 0 aromatic heterocycles. The molecule has 0 aromatic rings. The zero-order chi connectivity index (χ0) is 14.7.